The van der Waals surface area contributed by atoms with E-state index in [2.05, 4.69) is 18.5 Å². The third-order valence-corrected chi connectivity index (χ3v) is 2.20. The lowest BCUT2D eigenvalue weighted by molar-refractivity contribution is 0.0523. The molecule has 1 aromatic carbocycles. The molecule has 0 spiro atoms. The molecule has 1 amide bonds. The Labute approximate surface area is 120 Å². The van der Waals surface area contributed by atoms with Crippen LogP contribution in [-0.4, -0.2) is 17.5 Å². The van der Waals surface area contributed by atoms with Gasteiger partial charge in [-0.25, -0.2) is 4.79 Å². The third-order valence-electron chi connectivity index (χ3n) is 2.20. The van der Waals surface area contributed by atoms with E-state index < -0.39 is 11.7 Å². The van der Waals surface area contributed by atoms with Gasteiger partial charge in [0.1, 0.15) is 5.60 Å². The van der Waals surface area contributed by atoms with Crippen molar-refractivity contribution in [2.45, 2.75) is 39.8 Å². The summed E-state index contributed by atoms with van der Waals surface area (Å²) in [6.07, 6.45) is -0.446. The topological polar surface area (TPSA) is 55.4 Å². The molecule has 0 unspecified atom stereocenters. The van der Waals surface area contributed by atoms with Crippen molar-refractivity contribution in [2.75, 3.05) is 0 Å². The zero-order chi connectivity index (χ0) is 15.8. The summed E-state index contributed by atoms with van der Waals surface area (Å²) in [5.74, 6) is 0.0293. The quantitative estimate of drug-likeness (QED) is 0.676. The molecule has 0 atom stereocenters. The molecule has 110 valence electrons. The van der Waals surface area contributed by atoms with E-state index in [-0.39, 0.29) is 5.78 Å². The van der Waals surface area contributed by atoms with Crippen LogP contribution in [0.25, 0.3) is 0 Å². The lowest BCUT2D eigenvalue weighted by Crippen LogP contribution is -2.32. The first-order valence-electron chi connectivity index (χ1n) is 6.34. The molecule has 0 aliphatic rings. The van der Waals surface area contributed by atoms with Crippen molar-refractivity contribution in [3.05, 3.63) is 48.6 Å². The Morgan fingerprint density at radius 2 is 1.65 bits per heavy atom. The van der Waals surface area contributed by atoms with Crippen LogP contribution in [0.2, 0.25) is 0 Å². The van der Waals surface area contributed by atoms with E-state index in [1.165, 1.54) is 6.92 Å². The number of amides is 1. The van der Waals surface area contributed by atoms with Gasteiger partial charge in [0, 0.05) is 12.1 Å². The van der Waals surface area contributed by atoms with Crippen molar-refractivity contribution >= 4 is 11.9 Å². The van der Waals surface area contributed by atoms with Crippen LogP contribution in [0, 0.1) is 0 Å². The Hall–Kier alpha value is -2.10. The van der Waals surface area contributed by atoms with Crippen LogP contribution in [0.4, 0.5) is 4.79 Å². The van der Waals surface area contributed by atoms with Crippen molar-refractivity contribution in [3.8, 4) is 0 Å². The van der Waals surface area contributed by atoms with E-state index in [9.17, 15) is 9.59 Å². The normalized spacial score (nSPS) is 10.0. The fraction of sp³-hybridized carbons (Fsp3) is 0.375. The Morgan fingerprint density at radius 3 is 2.05 bits per heavy atom. The van der Waals surface area contributed by atoms with Gasteiger partial charge in [-0.1, -0.05) is 24.3 Å². The fourth-order valence-corrected chi connectivity index (χ4v) is 1.35. The predicted molar refractivity (Wildman–Crippen MR) is 80.8 cm³/mol. The standard InChI is InChI=1S/C14H19NO3.C2H4/c1-10(16)12-7-5-11(6-8-12)9-15-13(17)18-14(2,3)4;1-2/h5-8H,9H2,1-4H3,(H,15,17);1-2H2. The summed E-state index contributed by atoms with van der Waals surface area (Å²) in [4.78, 5) is 22.5. The number of ketones is 1. The summed E-state index contributed by atoms with van der Waals surface area (Å²) >= 11 is 0. The number of hydrogen-bond donors (Lipinski definition) is 1. The van der Waals surface area contributed by atoms with Gasteiger partial charge in [-0.3, -0.25) is 4.79 Å². The molecule has 0 fully saturated rings. The van der Waals surface area contributed by atoms with Gasteiger partial charge in [-0.05, 0) is 33.3 Å². The smallest absolute Gasteiger partial charge is 0.407 e. The maximum Gasteiger partial charge on any atom is 0.407 e. The SMILES string of the molecule is C=C.CC(=O)c1ccc(CNC(=O)OC(C)(C)C)cc1. The van der Waals surface area contributed by atoms with Gasteiger partial charge in [-0.15, -0.1) is 13.2 Å². The summed E-state index contributed by atoms with van der Waals surface area (Å²) in [5.41, 5.74) is 1.09. The molecule has 0 radical (unpaired) electrons. The minimum absolute atomic E-state index is 0.0293. The molecule has 0 heterocycles. The van der Waals surface area contributed by atoms with Gasteiger partial charge in [0.25, 0.3) is 0 Å². The number of Topliss-reactive ketones (excluding diaryl/α,β-unsaturated/α-hetero) is 1. The summed E-state index contributed by atoms with van der Waals surface area (Å²) in [5, 5.41) is 2.66. The van der Waals surface area contributed by atoms with Gasteiger partial charge in [0.2, 0.25) is 0 Å². The Bertz CT molecular complexity index is 444. The monoisotopic (exact) mass is 277 g/mol. The zero-order valence-electron chi connectivity index (χ0n) is 12.7. The molecule has 4 heteroatoms. The van der Waals surface area contributed by atoms with Crippen molar-refractivity contribution < 1.29 is 14.3 Å². The van der Waals surface area contributed by atoms with E-state index in [1.54, 1.807) is 12.1 Å². The second-order valence-corrected chi connectivity index (χ2v) is 5.11. The molecule has 1 N–H and O–H groups in total. The molecule has 0 saturated carbocycles. The van der Waals surface area contributed by atoms with Crippen LogP contribution >= 0.6 is 0 Å². The highest BCUT2D eigenvalue weighted by Crippen LogP contribution is 2.08. The first-order valence-corrected chi connectivity index (χ1v) is 6.34. The van der Waals surface area contributed by atoms with E-state index >= 15 is 0 Å². The summed E-state index contributed by atoms with van der Waals surface area (Å²) < 4.78 is 5.12. The second-order valence-electron chi connectivity index (χ2n) is 5.11. The second kappa shape index (κ2) is 8.15. The summed E-state index contributed by atoms with van der Waals surface area (Å²) in [7, 11) is 0. The van der Waals surface area contributed by atoms with E-state index in [0.29, 0.717) is 12.1 Å². The lowest BCUT2D eigenvalue weighted by Gasteiger charge is -2.19. The average molecular weight is 277 g/mol. The third kappa shape index (κ3) is 7.36. The zero-order valence-corrected chi connectivity index (χ0v) is 12.7. The van der Waals surface area contributed by atoms with Crippen LogP contribution in [0.1, 0.15) is 43.6 Å². The van der Waals surface area contributed by atoms with Gasteiger partial charge < -0.3 is 10.1 Å². The first-order chi connectivity index (χ1) is 9.28. The fourth-order valence-electron chi connectivity index (χ4n) is 1.35. The molecule has 0 saturated heterocycles. The number of hydrogen-bond acceptors (Lipinski definition) is 3. The number of carbonyl (C=O) groups is 2. The highest BCUT2D eigenvalue weighted by Gasteiger charge is 2.15. The van der Waals surface area contributed by atoms with E-state index in [0.717, 1.165) is 5.56 Å². The molecule has 0 bridgehead atoms. The number of alkyl carbamates (subject to hydrolysis) is 1. The number of rotatable bonds is 3. The minimum atomic E-state index is -0.497. The number of ether oxygens (including phenoxy) is 1. The van der Waals surface area contributed by atoms with Crippen LogP contribution in [-0.2, 0) is 11.3 Å². The maximum atomic E-state index is 11.4. The van der Waals surface area contributed by atoms with Gasteiger partial charge >= 0.3 is 6.09 Å². The maximum absolute atomic E-state index is 11.4. The van der Waals surface area contributed by atoms with Crippen LogP contribution in [0.15, 0.2) is 37.4 Å². The Balaban J connectivity index is 0.00000172. The number of nitrogens with one attached hydrogen (secondary N) is 1. The highest BCUT2D eigenvalue weighted by molar-refractivity contribution is 5.94. The molecule has 1 aromatic rings. The van der Waals surface area contributed by atoms with Gasteiger partial charge in [-0.2, -0.15) is 0 Å². The summed E-state index contributed by atoms with van der Waals surface area (Å²) in [6, 6.07) is 7.12. The minimum Gasteiger partial charge on any atom is -0.444 e. The van der Waals surface area contributed by atoms with E-state index in [1.807, 2.05) is 32.9 Å². The number of benzene rings is 1. The van der Waals surface area contributed by atoms with Crippen LogP contribution in [0.5, 0.6) is 0 Å². The van der Waals surface area contributed by atoms with Crippen molar-refractivity contribution in [3.63, 3.8) is 0 Å². The Kier molecular flexibility index (Phi) is 7.29. The molecule has 0 aromatic heterocycles. The summed E-state index contributed by atoms with van der Waals surface area (Å²) in [6.45, 7) is 13.3. The molecule has 20 heavy (non-hydrogen) atoms. The first kappa shape index (κ1) is 17.9. The highest BCUT2D eigenvalue weighted by atomic mass is 16.6. The van der Waals surface area contributed by atoms with Crippen molar-refractivity contribution in [1.29, 1.82) is 0 Å². The molecule has 0 aliphatic heterocycles. The van der Waals surface area contributed by atoms with Crippen molar-refractivity contribution in [2.24, 2.45) is 0 Å². The average Bonchev–Trinajstić information content (AvgIpc) is 2.37. The molecular weight excluding hydrogens is 254 g/mol. The predicted octanol–water partition coefficient (Wildman–Crippen LogP) is 3.72. The lowest BCUT2D eigenvalue weighted by atomic mass is 10.1. The molecule has 1 rings (SSSR count). The van der Waals surface area contributed by atoms with Crippen molar-refractivity contribution in [1.82, 2.24) is 5.32 Å². The van der Waals surface area contributed by atoms with Crippen LogP contribution in [0.3, 0.4) is 0 Å². The largest absolute Gasteiger partial charge is 0.444 e. The molecule has 4 nitrogen and oxygen atoms in total. The molecule has 0 aliphatic carbocycles. The van der Waals surface area contributed by atoms with E-state index in [4.69, 9.17) is 4.74 Å². The van der Waals surface area contributed by atoms with Gasteiger partial charge in [0.05, 0.1) is 0 Å². The van der Waals surface area contributed by atoms with Crippen LogP contribution < -0.4 is 5.32 Å². The molecular formula is C16H23NO3. The van der Waals surface area contributed by atoms with Gasteiger partial charge in [0.15, 0.2) is 5.78 Å². The Morgan fingerprint density at radius 1 is 1.15 bits per heavy atom. The number of carbonyl (C=O) groups excluding carboxylic acids is 2.